The van der Waals surface area contributed by atoms with Crippen LogP contribution in [-0.2, 0) is 22.7 Å². The van der Waals surface area contributed by atoms with Crippen LogP contribution in [0.1, 0.15) is 30.0 Å². The fourth-order valence-corrected chi connectivity index (χ4v) is 4.00. The number of carbonyl (C=O) groups excluding carboxylic acids is 2. The van der Waals surface area contributed by atoms with Crippen LogP contribution in [0.5, 0.6) is 11.5 Å². The molecule has 11 heteroatoms. The second kappa shape index (κ2) is 13.0. The van der Waals surface area contributed by atoms with E-state index < -0.39 is 5.97 Å². The zero-order chi connectivity index (χ0) is 26.1. The van der Waals surface area contributed by atoms with Crippen molar-refractivity contribution in [1.82, 2.24) is 14.8 Å². The molecule has 0 spiro atoms. The Hall–Kier alpha value is -3.50. The highest BCUT2D eigenvalue weighted by atomic mass is 35.5. The SMILES string of the molecule is C=CCn1c(COc2ccccc2OC)nnc1SCC(=O)Nc1cc(C(=O)OC(C)C)ccc1Cl. The molecule has 1 aromatic heterocycles. The molecule has 0 fully saturated rings. The van der Waals surface area contributed by atoms with E-state index in [1.165, 1.54) is 23.9 Å². The molecule has 0 aliphatic carbocycles. The molecule has 2 aromatic carbocycles. The van der Waals surface area contributed by atoms with E-state index in [4.69, 9.17) is 25.8 Å². The van der Waals surface area contributed by atoms with Crippen molar-refractivity contribution in [2.24, 2.45) is 0 Å². The van der Waals surface area contributed by atoms with Crippen molar-refractivity contribution < 1.29 is 23.8 Å². The molecule has 1 heterocycles. The van der Waals surface area contributed by atoms with Gasteiger partial charge in [-0.3, -0.25) is 9.36 Å². The Morgan fingerprint density at radius 2 is 1.94 bits per heavy atom. The van der Waals surface area contributed by atoms with Gasteiger partial charge in [-0.2, -0.15) is 0 Å². The lowest BCUT2D eigenvalue weighted by Gasteiger charge is -2.12. The first-order valence-corrected chi connectivity index (χ1v) is 12.4. The molecule has 36 heavy (non-hydrogen) atoms. The molecule has 0 bridgehead atoms. The van der Waals surface area contributed by atoms with Gasteiger partial charge in [0, 0.05) is 6.54 Å². The summed E-state index contributed by atoms with van der Waals surface area (Å²) in [6.07, 6.45) is 1.45. The van der Waals surface area contributed by atoms with Crippen LogP contribution in [-0.4, -0.2) is 45.6 Å². The quantitative estimate of drug-likeness (QED) is 0.198. The number of carbonyl (C=O) groups is 2. The first kappa shape index (κ1) is 27.1. The summed E-state index contributed by atoms with van der Waals surface area (Å²) in [5.41, 5.74) is 0.611. The maximum Gasteiger partial charge on any atom is 0.338 e. The number of anilines is 1. The normalized spacial score (nSPS) is 10.7. The summed E-state index contributed by atoms with van der Waals surface area (Å²) < 4.78 is 18.2. The van der Waals surface area contributed by atoms with Crippen LogP contribution in [0.4, 0.5) is 5.69 Å². The summed E-state index contributed by atoms with van der Waals surface area (Å²) in [4.78, 5) is 24.8. The molecule has 0 aliphatic heterocycles. The summed E-state index contributed by atoms with van der Waals surface area (Å²) in [6, 6.07) is 11.9. The number of hydrogen-bond acceptors (Lipinski definition) is 8. The number of nitrogens with one attached hydrogen (secondary N) is 1. The summed E-state index contributed by atoms with van der Waals surface area (Å²) in [5, 5.41) is 12.0. The number of rotatable bonds is 12. The molecule has 9 nitrogen and oxygen atoms in total. The first-order chi connectivity index (χ1) is 17.3. The van der Waals surface area contributed by atoms with Crippen molar-refractivity contribution >= 4 is 40.9 Å². The molecule has 190 valence electrons. The third-order valence-corrected chi connectivity index (χ3v) is 5.98. The second-order valence-corrected chi connectivity index (χ2v) is 9.07. The minimum absolute atomic E-state index is 0.0413. The van der Waals surface area contributed by atoms with Crippen molar-refractivity contribution in [3.05, 3.63) is 71.5 Å². The van der Waals surface area contributed by atoms with Crippen LogP contribution in [0.25, 0.3) is 0 Å². The standard InChI is InChI=1S/C25H27ClN4O5S/c1-5-12-30-22(14-34-21-9-7-6-8-20(21)33-4)28-29-25(30)36-15-23(31)27-19-13-17(10-11-18(19)26)24(32)35-16(2)3/h5-11,13,16H,1,12,14-15H2,2-4H3,(H,27,31). The largest absolute Gasteiger partial charge is 0.493 e. The summed E-state index contributed by atoms with van der Waals surface area (Å²) >= 11 is 7.41. The van der Waals surface area contributed by atoms with E-state index >= 15 is 0 Å². The van der Waals surface area contributed by atoms with Gasteiger partial charge < -0.3 is 19.5 Å². The topological polar surface area (TPSA) is 105 Å². The molecule has 1 amide bonds. The maximum absolute atomic E-state index is 12.6. The highest BCUT2D eigenvalue weighted by molar-refractivity contribution is 7.99. The smallest absolute Gasteiger partial charge is 0.338 e. The number of esters is 1. The summed E-state index contributed by atoms with van der Waals surface area (Å²) in [5.74, 6) is 0.989. The lowest BCUT2D eigenvalue weighted by molar-refractivity contribution is -0.113. The van der Waals surface area contributed by atoms with Crippen LogP contribution in [0.15, 0.2) is 60.3 Å². The fraction of sp³-hybridized carbons (Fsp3) is 0.280. The zero-order valence-corrected chi connectivity index (χ0v) is 21.8. The van der Waals surface area contributed by atoms with Gasteiger partial charge in [-0.1, -0.05) is 41.6 Å². The van der Waals surface area contributed by atoms with E-state index in [2.05, 4.69) is 22.1 Å². The number of para-hydroxylation sites is 2. The van der Waals surface area contributed by atoms with Crippen molar-refractivity contribution in [1.29, 1.82) is 0 Å². The Bertz CT molecular complexity index is 1230. The average Bonchev–Trinajstić information content (AvgIpc) is 3.24. The molecule has 3 aromatic rings. The zero-order valence-electron chi connectivity index (χ0n) is 20.2. The highest BCUT2D eigenvalue weighted by Crippen LogP contribution is 2.27. The van der Waals surface area contributed by atoms with Crippen LogP contribution in [0, 0.1) is 0 Å². The predicted octanol–water partition coefficient (Wildman–Crippen LogP) is 5.00. The minimum Gasteiger partial charge on any atom is -0.493 e. The number of thioether (sulfide) groups is 1. The lowest BCUT2D eigenvalue weighted by atomic mass is 10.2. The third kappa shape index (κ3) is 7.25. The van der Waals surface area contributed by atoms with Gasteiger partial charge in [0.15, 0.2) is 22.5 Å². The Balaban J connectivity index is 1.64. The molecule has 3 rings (SSSR count). The van der Waals surface area contributed by atoms with E-state index in [0.717, 1.165) is 0 Å². The lowest BCUT2D eigenvalue weighted by Crippen LogP contribution is -2.16. The van der Waals surface area contributed by atoms with Crippen LogP contribution >= 0.6 is 23.4 Å². The van der Waals surface area contributed by atoms with E-state index in [0.29, 0.717) is 45.3 Å². The summed E-state index contributed by atoms with van der Waals surface area (Å²) in [6.45, 7) is 7.90. The van der Waals surface area contributed by atoms with Gasteiger partial charge in [0.2, 0.25) is 5.91 Å². The number of nitrogens with zero attached hydrogens (tertiary/aromatic N) is 3. The van der Waals surface area contributed by atoms with Crippen molar-refractivity contribution in [3.8, 4) is 11.5 Å². The molecule has 0 radical (unpaired) electrons. The molecule has 0 saturated carbocycles. The molecular formula is C25H27ClN4O5S. The number of halogens is 1. The van der Waals surface area contributed by atoms with Crippen molar-refractivity contribution in [2.75, 3.05) is 18.2 Å². The van der Waals surface area contributed by atoms with Gasteiger partial charge in [0.05, 0.1) is 35.2 Å². The monoisotopic (exact) mass is 530 g/mol. The number of methoxy groups -OCH3 is 1. The number of benzene rings is 2. The molecule has 0 saturated heterocycles. The minimum atomic E-state index is -0.494. The first-order valence-electron chi connectivity index (χ1n) is 11.0. The average molecular weight is 531 g/mol. The Morgan fingerprint density at radius 3 is 2.64 bits per heavy atom. The van der Waals surface area contributed by atoms with Gasteiger partial charge in [-0.25, -0.2) is 4.79 Å². The van der Waals surface area contributed by atoms with Crippen LogP contribution in [0.3, 0.4) is 0 Å². The van der Waals surface area contributed by atoms with E-state index in [1.807, 2.05) is 16.7 Å². The molecule has 1 N–H and O–H groups in total. The Labute approximate surface area is 218 Å². The summed E-state index contributed by atoms with van der Waals surface area (Å²) in [7, 11) is 1.57. The van der Waals surface area contributed by atoms with Gasteiger partial charge in [0.1, 0.15) is 6.61 Å². The van der Waals surface area contributed by atoms with Crippen LogP contribution in [0.2, 0.25) is 5.02 Å². The predicted molar refractivity (Wildman–Crippen MR) is 139 cm³/mol. The van der Waals surface area contributed by atoms with Gasteiger partial charge >= 0.3 is 5.97 Å². The number of aromatic nitrogens is 3. The molecular weight excluding hydrogens is 504 g/mol. The highest BCUT2D eigenvalue weighted by Gasteiger charge is 2.17. The molecule has 0 aliphatic rings. The fourth-order valence-electron chi connectivity index (χ4n) is 3.07. The van der Waals surface area contributed by atoms with Crippen molar-refractivity contribution in [3.63, 3.8) is 0 Å². The van der Waals surface area contributed by atoms with Crippen LogP contribution < -0.4 is 14.8 Å². The Morgan fingerprint density at radius 1 is 1.19 bits per heavy atom. The van der Waals surface area contributed by atoms with Gasteiger partial charge in [-0.15, -0.1) is 16.8 Å². The molecule has 0 unspecified atom stereocenters. The van der Waals surface area contributed by atoms with E-state index in [1.54, 1.807) is 45.2 Å². The van der Waals surface area contributed by atoms with Crippen molar-refractivity contribution in [2.45, 2.75) is 38.3 Å². The number of hydrogen-bond donors (Lipinski definition) is 1. The third-order valence-electron chi connectivity index (χ3n) is 4.68. The van der Waals surface area contributed by atoms with Gasteiger partial charge in [0.25, 0.3) is 0 Å². The Kier molecular flexibility index (Phi) is 9.77. The second-order valence-electron chi connectivity index (χ2n) is 7.72. The number of allylic oxidation sites excluding steroid dienone is 1. The number of amides is 1. The maximum atomic E-state index is 12.6. The number of ether oxygens (including phenoxy) is 3. The molecule has 0 atom stereocenters. The van der Waals surface area contributed by atoms with Gasteiger partial charge in [-0.05, 0) is 44.2 Å². The van der Waals surface area contributed by atoms with E-state index in [-0.39, 0.29) is 24.4 Å². The van der Waals surface area contributed by atoms with E-state index in [9.17, 15) is 9.59 Å².